The molecule has 0 saturated carbocycles. The van der Waals surface area contributed by atoms with Crippen LogP contribution in [0.2, 0.25) is 0 Å². The molecule has 2 aliphatic rings. The summed E-state index contributed by atoms with van der Waals surface area (Å²) in [7, 11) is 0. The summed E-state index contributed by atoms with van der Waals surface area (Å²) < 4.78 is 6.35. The van der Waals surface area contributed by atoms with Gasteiger partial charge in [-0.15, -0.1) is 11.3 Å². The van der Waals surface area contributed by atoms with Crippen LogP contribution in [0.5, 0.6) is 0 Å². The maximum absolute atomic E-state index is 12.9. The van der Waals surface area contributed by atoms with Crippen molar-refractivity contribution >= 4 is 28.1 Å². The summed E-state index contributed by atoms with van der Waals surface area (Å²) >= 11 is 1.62. The molecular weight excluding hydrogens is 356 g/mol. The first-order valence-corrected chi connectivity index (χ1v) is 10.6. The van der Waals surface area contributed by atoms with Gasteiger partial charge >= 0.3 is 0 Å². The molecule has 1 spiro atoms. The molecule has 1 fully saturated rings. The van der Waals surface area contributed by atoms with Gasteiger partial charge in [-0.05, 0) is 49.4 Å². The summed E-state index contributed by atoms with van der Waals surface area (Å²) in [5.41, 5.74) is 3.57. The van der Waals surface area contributed by atoms with Gasteiger partial charge < -0.3 is 14.6 Å². The maximum Gasteiger partial charge on any atom is 0.263 e. The average Bonchev–Trinajstić information content (AvgIpc) is 3.34. The lowest BCUT2D eigenvalue weighted by molar-refractivity contribution is -0.0957. The van der Waals surface area contributed by atoms with Crippen LogP contribution in [0.25, 0.3) is 10.9 Å². The molecule has 0 radical (unpaired) electrons. The number of thiophene rings is 1. The molecule has 0 bridgehead atoms. The largest absolute Gasteiger partial charge is 0.368 e. The number of aryl methyl sites for hydroxylation is 1. The number of likely N-dealkylation sites (tertiary alicyclic amines) is 1. The molecule has 5 heteroatoms. The van der Waals surface area contributed by atoms with E-state index in [-0.39, 0.29) is 11.5 Å². The second-order valence-electron chi connectivity index (χ2n) is 7.53. The fourth-order valence-corrected chi connectivity index (χ4v) is 5.49. The molecule has 2 aliphatic heterocycles. The van der Waals surface area contributed by atoms with Gasteiger partial charge in [0.1, 0.15) is 5.60 Å². The lowest BCUT2D eigenvalue weighted by atomic mass is 9.83. The lowest BCUT2D eigenvalue weighted by Crippen LogP contribution is -2.48. The fourth-order valence-electron chi connectivity index (χ4n) is 4.57. The quantitative estimate of drug-likeness (QED) is 0.712. The van der Waals surface area contributed by atoms with Crippen molar-refractivity contribution in [2.24, 2.45) is 0 Å². The van der Waals surface area contributed by atoms with Crippen molar-refractivity contribution in [2.75, 3.05) is 19.7 Å². The standard InChI is InChI=1S/C22H24N2O2S/c1-2-15-7-8-19(27-15)21(25)24-12-10-22(11-13-24)20-17(9-14-26-22)16-5-3-4-6-18(16)23-20/h3-8,23H,2,9-14H2,1H3. The Morgan fingerprint density at radius 1 is 1.22 bits per heavy atom. The van der Waals surface area contributed by atoms with Gasteiger partial charge in [0.05, 0.1) is 17.2 Å². The number of fused-ring (bicyclic) bond motifs is 4. The topological polar surface area (TPSA) is 45.3 Å². The van der Waals surface area contributed by atoms with Crippen LogP contribution in [-0.4, -0.2) is 35.5 Å². The predicted octanol–water partition coefficient (Wildman–Crippen LogP) is 4.50. The number of nitrogens with zero attached hydrogens (tertiary/aromatic N) is 1. The Morgan fingerprint density at radius 2 is 2.04 bits per heavy atom. The van der Waals surface area contributed by atoms with Crippen molar-refractivity contribution in [3.8, 4) is 0 Å². The molecule has 1 aromatic carbocycles. The summed E-state index contributed by atoms with van der Waals surface area (Å²) in [4.78, 5) is 20.6. The number of hydrogen-bond acceptors (Lipinski definition) is 3. The Kier molecular flexibility index (Phi) is 4.10. The molecule has 1 saturated heterocycles. The highest BCUT2D eigenvalue weighted by Gasteiger charge is 2.43. The summed E-state index contributed by atoms with van der Waals surface area (Å²) in [6.45, 7) is 4.37. The second-order valence-corrected chi connectivity index (χ2v) is 8.70. The van der Waals surface area contributed by atoms with Gasteiger partial charge in [-0.2, -0.15) is 0 Å². The molecular formula is C22H24N2O2S. The molecule has 4 heterocycles. The maximum atomic E-state index is 12.9. The van der Waals surface area contributed by atoms with Gasteiger partial charge in [-0.25, -0.2) is 0 Å². The SMILES string of the molecule is CCc1ccc(C(=O)N2CCC3(CC2)OCCc2c3[nH]c3ccccc23)s1. The van der Waals surface area contributed by atoms with Crippen molar-refractivity contribution in [2.45, 2.75) is 38.2 Å². The van der Waals surface area contributed by atoms with E-state index in [1.54, 1.807) is 11.3 Å². The van der Waals surface area contributed by atoms with Gasteiger partial charge in [-0.1, -0.05) is 25.1 Å². The number of aromatic nitrogens is 1. The lowest BCUT2D eigenvalue weighted by Gasteiger charge is -2.43. The number of rotatable bonds is 2. The number of benzene rings is 1. The highest BCUT2D eigenvalue weighted by molar-refractivity contribution is 7.14. The number of hydrogen-bond donors (Lipinski definition) is 1. The van der Waals surface area contributed by atoms with E-state index >= 15 is 0 Å². The zero-order chi connectivity index (χ0) is 18.4. The van der Waals surface area contributed by atoms with E-state index in [9.17, 15) is 4.79 Å². The number of amides is 1. The third-order valence-corrected chi connectivity index (χ3v) is 7.30. The van der Waals surface area contributed by atoms with Gasteiger partial charge in [0.2, 0.25) is 0 Å². The average molecular weight is 381 g/mol. The van der Waals surface area contributed by atoms with Crippen LogP contribution in [0, 0.1) is 0 Å². The number of carbonyl (C=O) groups is 1. The minimum atomic E-state index is -0.270. The van der Waals surface area contributed by atoms with E-state index in [1.165, 1.54) is 27.0 Å². The van der Waals surface area contributed by atoms with Crippen molar-refractivity contribution in [1.82, 2.24) is 9.88 Å². The molecule has 27 heavy (non-hydrogen) atoms. The van der Waals surface area contributed by atoms with Gasteiger partial charge in [-0.3, -0.25) is 4.79 Å². The highest BCUT2D eigenvalue weighted by atomic mass is 32.1. The summed E-state index contributed by atoms with van der Waals surface area (Å²) in [5.74, 6) is 0.169. The number of carbonyl (C=O) groups excluding carboxylic acids is 1. The second kappa shape index (κ2) is 6.50. The van der Waals surface area contributed by atoms with E-state index in [0.29, 0.717) is 0 Å². The molecule has 1 amide bonds. The van der Waals surface area contributed by atoms with Crippen LogP contribution >= 0.6 is 11.3 Å². The highest BCUT2D eigenvalue weighted by Crippen LogP contribution is 2.43. The number of piperidine rings is 1. The Balaban J connectivity index is 1.39. The van der Waals surface area contributed by atoms with E-state index < -0.39 is 0 Å². The van der Waals surface area contributed by atoms with Crippen molar-refractivity contribution in [3.63, 3.8) is 0 Å². The first-order valence-electron chi connectivity index (χ1n) is 9.82. The Morgan fingerprint density at radius 3 is 2.81 bits per heavy atom. The van der Waals surface area contributed by atoms with E-state index in [1.807, 2.05) is 11.0 Å². The molecule has 0 atom stereocenters. The third-order valence-electron chi connectivity index (χ3n) is 6.08. The van der Waals surface area contributed by atoms with Crippen LogP contribution in [-0.2, 0) is 23.2 Å². The van der Waals surface area contributed by atoms with Crippen LogP contribution in [0.15, 0.2) is 36.4 Å². The first kappa shape index (κ1) is 17.0. The van der Waals surface area contributed by atoms with Crippen molar-refractivity contribution in [3.05, 3.63) is 57.4 Å². The molecule has 0 unspecified atom stereocenters. The van der Waals surface area contributed by atoms with Crippen molar-refractivity contribution < 1.29 is 9.53 Å². The molecule has 5 rings (SSSR count). The first-order chi connectivity index (χ1) is 13.2. The molecule has 2 aromatic heterocycles. The predicted molar refractivity (Wildman–Crippen MR) is 108 cm³/mol. The summed E-state index contributed by atoms with van der Waals surface area (Å²) in [5, 5.41) is 1.32. The van der Waals surface area contributed by atoms with E-state index in [2.05, 4.69) is 42.2 Å². The molecule has 0 aliphatic carbocycles. The van der Waals surface area contributed by atoms with Crippen molar-refractivity contribution in [1.29, 1.82) is 0 Å². The normalized spacial score (nSPS) is 18.8. The molecule has 3 aromatic rings. The Bertz CT molecular complexity index is 995. The van der Waals surface area contributed by atoms with Gasteiger partial charge in [0.15, 0.2) is 0 Å². The fraction of sp³-hybridized carbons (Fsp3) is 0.409. The number of ether oxygens (including phenoxy) is 1. The molecule has 1 N–H and O–H groups in total. The number of aromatic amines is 1. The Labute approximate surface area is 163 Å². The summed E-state index contributed by atoms with van der Waals surface area (Å²) in [6.07, 6.45) is 3.64. The smallest absolute Gasteiger partial charge is 0.263 e. The number of H-pyrrole nitrogens is 1. The third kappa shape index (κ3) is 2.72. The van der Waals surface area contributed by atoms with Crippen LogP contribution < -0.4 is 0 Å². The molecule has 140 valence electrons. The van der Waals surface area contributed by atoms with Gasteiger partial charge in [0.25, 0.3) is 5.91 Å². The van der Waals surface area contributed by atoms with E-state index in [4.69, 9.17) is 4.74 Å². The zero-order valence-corrected chi connectivity index (χ0v) is 16.4. The zero-order valence-electron chi connectivity index (χ0n) is 15.6. The van der Waals surface area contributed by atoms with Crippen LogP contribution in [0.3, 0.4) is 0 Å². The number of nitrogens with one attached hydrogen (secondary N) is 1. The Hall–Kier alpha value is -2.11. The minimum Gasteiger partial charge on any atom is -0.368 e. The minimum absolute atomic E-state index is 0.169. The number of para-hydroxylation sites is 1. The monoisotopic (exact) mass is 380 g/mol. The van der Waals surface area contributed by atoms with Crippen LogP contribution in [0.1, 0.15) is 45.6 Å². The van der Waals surface area contributed by atoms with Crippen LogP contribution in [0.4, 0.5) is 0 Å². The molecule has 4 nitrogen and oxygen atoms in total. The van der Waals surface area contributed by atoms with E-state index in [0.717, 1.165) is 50.3 Å². The van der Waals surface area contributed by atoms with Gasteiger partial charge in [0, 0.05) is 28.9 Å². The summed E-state index contributed by atoms with van der Waals surface area (Å²) in [6, 6.07) is 12.6.